The van der Waals surface area contributed by atoms with E-state index in [0.717, 1.165) is 35.5 Å². The van der Waals surface area contributed by atoms with E-state index in [0.29, 0.717) is 13.0 Å². The number of para-hydroxylation sites is 1. The minimum atomic E-state index is -0.781. The monoisotopic (exact) mass is 439 g/mol. The van der Waals surface area contributed by atoms with E-state index in [2.05, 4.69) is 60.5 Å². The molecule has 0 amide bonds. The van der Waals surface area contributed by atoms with Crippen LogP contribution in [0.1, 0.15) is 23.1 Å². The zero-order chi connectivity index (χ0) is 23.0. The van der Waals surface area contributed by atoms with Crippen molar-refractivity contribution in [3.05, 3.63) is 108 Å². The van der Waals surface area contributed by atoms with Gasteiger partial charge < -0.3 is 14.7 Å². The van der Waals surface area contributed by atoms with Gasteiger partial charge in [0.25, 0.3) is 0 Å². The molecule has 0 radical (unpaired) electrons. The van der Waals surface area contributed by atoms with Gasteiger partial charge in [-0.15, -0.1) is 0 Å². The first kappa shape index (κ1) is 22.4. The minimum Gasteiger partial charge on any atom is -0.489 e. The predicted octanol–water partition coefficient (Wildman–Crippen LogP) is 6.11. The van der Waals surface area contributed by atoms with Gasteiger partial charge in [-0.25, -0.2) is 0 Å². The highest BCUT2D eigenvalue weighted by Gasteiger charge is 2.11. The fourth-order valence-electron chi connectivity index (χ4n) is 4.00. The van der Waals surface area contributed by atoms with Gasteiger partial charge in [0.2, 0.25) is 0 Å². The number of carboxylic acids is 1. The molecule has 0 aromatic heterocycles. The van der Waals surface area contributed by atoms with Crippen LogP contribution in [0.15, 0.2) is 91.0 Å². The minimum absolute atomic E-state index is 0.116. The number of hydrogen-bond donors (Lipinski definition) is 1. The molecule has 4 nitrogen and oxygen atoms in total. The Labute approximate surface area is 195 Å². The summed E-state index contributed by atoms with van der Waals surface area (Å²) in [6.07, 6.45) is 1.53. The van der Waals surface area contributed by atoms with Crippen LogP contribution in [0.2, 0.25) is 0 Å². The molecule has 0 atom stereocenters. The normalized spacial score (nSPS) is 10.8. The molecule has 1 N–H and O–H groups in total. The topological polar surface area (TPSA) is 49.8 Å². The number of aliphatic carboxylic acids is 1. The largest absolute Gasteiger partial charge is 0.489 e. The maximum atomic E-state index is 11.2. The summed E-state index contributed by atoms with van der Waals surface area (Å²) < 4.78 is 5.92. The lowest BCUT2D eigenvalue weighted by Gasteiger charge is -2.24. The average Bonchev–Trinajstić information content (AvgIpc) is 2.85. The van der Waals surface area contributed by atoms with Crippen LogP contribution in [0.3, 0.4) is 0 Å². The van der Waals surface area contributed by atoms with E-state index in [9.17, 15) is 9.90 Å². The second kappa shape index (κ2) is 10.7. The van der Waals surface area contributed by atoms with Gasteiger partial charge in [-0.05, 0) is 58.5 Å². The van der Waals surface area contributed by atoms with E-state index in [1.54, 1.807) is 0 Å². The number of carbonyl (C=O) groups is 1. The van der Waals surface area contributed by atoms with Crippen molar-refractivity contribution in [1.82, 2.24) is 0 Å². The number of likely N-dealkylation sites (N-methyl/N-ethyl adjacent to an activating group) is 1. The number of rotatable bonds is 10. The van der Waals surface area contributed by atoms with E-state index in [4.69, 9.17) is 4.74 Å². The third-order valence-corrected chi connectivity index (χ3v) is 5.87. The Balaban J connectivity index is 1.49. The van der Waals surface area contributed by atoms with E-state index in [-0.39, 0.29) is 6.42 Å². The second-order valence-corrected chi connectivity index (χ2v) is 8.31. The molecule has 4 aromatic rings. The maximum Gasteiger partial charge on any atom is 0.303 e. The Morgan fingerprint density at radius 3 is 2.33 bits per heavy atom. The number of carboxylic acid groups (broad SMARTS) is 1. The first-order valence-electron chi connectivity index (χ1n) is 11.3. The molecule has 0 unspecified atom stereocenters. The molecule has 0 fully saturated rings. The maximum absolute atomic E-state index is 11.2. The lowest BCUT2D eigenvalue weighted by molar-refractivity contribution is -0.136. The highest BCUT2D eigenvalue weighted by molar-refractivity contribution is 5.83. The number of ether oxygens (including phenoxy) is 1. The molecule has 4 aromatic carbocycles. The standard InChI is InChI=1S/C29H29NO3/c1-30(18-17-22-11-13-24-7-5-6-8-26(24)19-22)28-20-23(12-14-25(28)15-16-29(31)32)21-33-27-9-3-2-4-10-27/h2-14,19-20H,15-18,21H2,1H3,(H,31,32). The molecule has 0 heterocycles. The zero-order valence-corrected chi connectivity index (χ0v) is 18.9. The highest BCUT2D eigenvalue weighted by atomic mass is 16.5. The van der Waals surface area contributed by atoms with E-state index in [1.165, 1.54) is 16.3 Å². The van der Waals surface area contributed by atoms with Crippen molar-refractivity contribution in [2.75, 3.05) is 18.5 Å². The predicted molar refractivity (Wildman–Crippen MR) is 134 cm³/mol. The molecular weight excluding hydrogens is 410 g/mol. The SMILES string of the molecule is CN(CCc1ccc2ccccc2c1)c1cc(COc2ccccc2)ccc1CCC(=O)O. The Hall–Kier alpha value is -3.79. The van der Waals surface area contributed by atoms with Crippen LogP contribution < -0.4 is 9.64 Å². The summed E-state index contributed by atoms with van der Waals surface area (Å²) in [5, 5.41) is 11.7. The van der Waals surface area contributed by atoms with Gasteiger partial charge in [0.05, 0.1) is 0 Å². The first-order chi connectivity index (χ1) is 16.1. The number of nitrogens with zero attached hydrogens (tertiary/aromatic N) is 1. The summed E-state index contributed by atoms with van der Waals surface area (Å²) in [4.78, 5) is 13.4. The Morgan fingerprint density at radius 1 is 0.818 bits per heavy atom. The van der Waals surface area contributed by atoms with Crippen molar-refractivity contribution >= 4 is 22.4 Å². The van der Waals surface area contributed by atoms with Crippen molar-refractivity contribution in [1.29, 1.82) is 0 Å². The van der Waals surface area contributed by atoms with Crippen molar-refractivity contribution < 1.29 is 14.6 Å². The quantitative estimate of drug-likeness (QED) is 0.324. The molecule has 0 aliphatic rings. The second-order valence-electron chi connectivity index (χ2n) is 8.31. The third kappa shape index (κ3) is 6.13. The molecular formula is C29H29NO3. The smallest absolute Gasteiger partial charge is 0.303 e. The molecule has 0 saturated carbocycles. The van der Waals surface area contributed by atoms with Crippen LogP contribution in [0.5, 0.6) is 5.75 Å². The van der Waals surface area contributed by atoms with Crippen LogP contribution >= 0.6 is 0 Å². The molecule has 0 aliphatic carbocycles. The van der Waals surface area contributed by atoms with E-state index >= 15 is 0 Å². The first-order valence-corrected chi connectivity index (χ1v) is 11.3. The summed E-state index contributed by atoms with van der Waals surface area (Å²) in [6.45, 7) is 1.30. The van der Waals surface area contributed by atoms with Crippen LogP contribution in [-0.4, -0.2) is 24.7 Å². The van der Waals surface area contributed by atoms with Gasteiger partial charge in [0.1, 0.15) is 12.4 Å². The van der Waals surface area contributed by atoms with Gasteiger partial charge in [-0.2, -0.15) is 0 Å². The summed E-state index contributed by atoms with van der Waals surface area (Å²) in [6, 6.07) is 30.9. The fraction of sp³-hybridized carbons (Fsp3) is 0.207. The number of hydrogen-bond acceptors (Lipinski definition) is 3. The summed E-state index contributed by atoms with van der Waals surface area (Å²) in [5.74, 6) is 0.0508. The van der Waals surface area contributed by atoms with Gasteiger partial charge in [-0.3, -0.25) is 4.79 Å². The van der Waals surface area contributed by atoms with Crippen LogP contribution in [-0.2, 0) is 24.2 Å². The van der Waals surface area contributed by atoms with E-state index < -0.39 is 5.97 Å². The molecule has 0 spiro atoms. The highest BCUT2D eigenvalue weighted by Crippen LogP contribution is 2.25. The van der Waals surface area contributed by atoms with Gasteiger partial charge in [0.15, 0.2) is 0 Å². The molecule has 4 rings (SSSR count). The number of benzene rings is 4. The van der Waals surface area contributed by atoms with Crippen LogP contribution in [0, 0.1) is 0 Å². The number of anilines is 1. The fourth-order valence-corrected chi connectivity index (χ4v) is 4.00. The van der Waals surface area contributed by atoms with E-state index in [1.807, 2.05) is 42.5 Å². The Bertz CT molecular complexity index is 1220. The lowest BCUT2D eigenvalue weighted by Crippen LogP contribution is -2.22. The van der Waals surface area contributed by atoms with Crippen LogP contribution in [0.25, 0.3) is 10.8 Å². The molecule has 168 valence electrons. The molecule has 4 heteroatoms. The van der Waals surface area contributed by atoms with Crippen LogP contribution in [0.4, 0.5) is 5.69 Å². The summed E-state index contributed by atoms with van der Waals surface area (Å²) in [7, 11) is 2.07. The van der Waals surface area contributed by atoms with Crippen molar-refractivity contribution in [3.8, 4) is 5.75 Å². The third-order valence-electron chi connectivity index (χ3n) is 5.87. The molecule has 0 bridgehead atoms. The van der Waals surface area contributed by atoms with Crippen molar-refractivity contribution in [2.45, 2.75) is 25.9 Å². The summed E-state index contributed by atoms with van der Waals surface area (Å²) >= 11 is 0. The lowest BCUT2D eigenvalue weighted by atomic mass is 10.0. The van der Waals surface area contributed by atoms with Crippen molar-refractivity contribution in [2.24, 2.45) is 0 Å². The number of fused-ring (bicyclic) bond motifs is 1. The molecule has 0 saturated heterocycles. The molecule has 33 heavy (non-hydrogen) atoms. The van der Waals surface area contributed by atoms with Gasteiger partial charge >= 0.3 is 5.97 Å². The average molecular weight is 440 g/mol. The molecule has 0 aliphatic heterocycles. The number of aryl methyl sites for hydroxylation is 1. The van der Waals surface area contributed by atoms with Gasteiger partial charge in [0, 0.05) is 25.7 Å². The Morgan fingerprint density at radius 2 is 1.55 bits per heavy atom. The summed E-state index contributed by atoms with van der Waals surface area (Å²) in [5.41, 5.74) is 4.45. The van der Waals surface area contributed by atoms with Crippen molar-refractivity contribution in [3.63, 3.8) is 0 Å². The van der Waals surface area contributed by atoms with Gasteiger partial charge in [-0.1, -0.05) is 72.8 Å². The zero-order valence-electron chi connectivity index (χ0n) is 18.9. The Kier molecular flexibility index (Phi) is 7.26.